The molecule has 0 saturated carbocycles. The first-order chi connectivity index (χ1) is 15.1. The highest BCUT2D eigenvalue weighted by Crippen LogP contribution is 2.27. The molecule has 31 heavy (non-hydrogen) atoms. The van der Waals surface area contributed by atoms with Gasteiger partial charge in [0.05, 0.1) is 11.3 Å². The highest BCUT2D eigenvalue weighted by molar-refractivity contribution is 5.95. The minimum atomic E-state index is -0.268. The van der Waals surface area contributed by atoms with Crippen LogP contribution in [0.5, 0.6) is 5.75 Å². The van der Waals surface area contributed by atoms with Gasteiger partial charge in [-0.1, -0.05) is 53.7 Å². The van der Waals surface area contributed by atoms with Crippen molar-refractivity contribution >= 4 is 11.6 Å². The zero-order chi connectivity index (χ0) is 21.6. The fraction of sp³-hybridized carbons (Fsp3) is 0.160. The number of ether oxygens (including phenoxy) is 1. The van der Waals surface area contributed by atoms with Crippen LogP contribution in [-0.4, -0.2) is 22.7 Å². The second-order valence-electron chi connectivity index (χ2n) is 7.38. The lowest BCUT2D eigenvalue weighted by Crippen LogP contribution is -2.20. The third kappa shape index (κ3) is 5.36. The first-order valence-corrected chi connectivity index (χ1v) is 10.0. The van der Waals surface area contributed by atoms with Crippen molar-refractivity contribution in [1.29, 1.82) is 0 Å². The molecule has 1 aromatic heterocycles. The number of anilines is 1. The Hall–Kier alpha value is -3.93. The normalized spacial score (nSPS) is 10.6. The molecule has 156 valence electrons. The highest BCUT2D eigenvalue weighted by Gasteiger charge is 2.15. The van der Waals surface area contributed by atoms with Gasteiger partial charge in [-0.3, -0.25) is 4.79 Å². The van der Waals surface area contributed by atoms with Crippen LogP contribution in [0.25, 0.3) is 11.5 Å². The summed E-state index contributed by atoms with van der Waals surface area (Å²) in [7, 11) is 0. The van der Waals surface area contributed by atoms with E-state index in [2.05, 4.69) is 21.5 Å². The number of nitrogens with one attached hydrogen (secondary N) is 1. The molecule has 0 saturated heterocycles. The predicted molar refractivity (Wildman–Crippen MR) is 119 cm³/mol. The van der Waals surface area contributed by atoms with Gasteiger partial charge in [0.15, 0.2) is 12.4 Å². The Labute approximate surface area is 180 Å². The number of hydrogen-bond acceptors (Lipinski definition) is 5. The number of rotatable bonds is 7. The summed E-state index contributed by atoms with van der Waals surface area (Å²) in [5.74, 6) is 1.34. The first-order valence-electron chi connectivity index (χ1n) is 10.0. The number of para-hydroxylation sites is 1. The maximum Gasteiger partial charge on any atom is 0.262 e. The molecular formula is C25H23N3O3. The van der Waals surface area contributed by atoms with Crippen molar-refractivity contribution in [3.8, 4) is 17.2 Å². The van der Waals surface area contributed by atoms with Gasteiger partial charge >= 0.3 is 0 Å². The van der Waals surface area contributed by atoms with Crippen molar-refractivity contribution in [2.24, 2.45) is 0 Å². The van der Waals surface area contributed by atoms with Gasteiger partial charge in [-0.2, -0.15) is 4.98 Å². The molecule has 4 aromatic rings. The van der Waals surface area contributed by atoms with Crippen LogP contribution in [0.15, 0.2) is 77.3 Å². The Balaban J connectivity index is 1.44. The number of amides is 1. The van der Waals surface area contributed by atoms with Crippen molar-refractivity contribution in [3.05, 3.63) is 95.3 Å². The standard InChI is InChI=1S/C25H23N3O3/c1-17-12-18(2)14-20(13-17)30-16-24(29)26-22-11-7-6-10-21(22)25-27-23(28-31-25)15-19-8-4-3-5-9-19/h3-14H,15-16H2,1-2H3,(H,26,29). The van der Waals surface area contributed by atoms with Gasteiger partial charge in [0.25, 0.3) is 11.8 Å². The largest absolute Gasteiger partial charge is 0.484 e. The molecule has 0 spiro atoms. The molecule has 6 heteroatoms. The van der Waals surface area contributed by atoms with E-state index in [1.54, 1.807) is 6.07 Å². The summed E-state index contributed by atoms with van der Waals surface area (Å²) in [6.45, 7) is 3.89. The van der Waals surface area contributed by atoms with Crippen LogP contribution in [0.1, 0.15) is 22.5 Å². The maximum atomic E-state index is 12.5. The Bertz CT molecular complexity index is 1170. The Morgan fingerprint density at radius 1 is 0.968 bits per heavy atom. The first kappa shape index (κ1) is 20.3. The fourth-order valence-electron chi connectivity index (χ4n) is 3.34. The van der Waals surface area contributed by atoms with E-state index in [1.807, 2.05) is 74.5 Å². The summed E-state index contributed by atoms with van der Waals surface area (Å²) in [5.41, 5.74) is 4.52. The van der Waals surface area contributed by atoms with Crippen molar-refractivity contribution in [2.75, 3.05) is 11.9 Å². The molecule has 4 rings (SSSR count). The van der Waals surface area contributed by atoms with Gasteiger partial charge in [-0.25, -0.2) is 0 Å². The summed E-state index contributed by atoms with van der Waals surface area (Å²) in [4.78, 5) is 17.0. The van der Waals surface area contributed by atoms with Crippen molar-refractivity contribution in [2.45, 2.75) is 20.3 Å². The number of hydrogen-bond donors (Lipinski definition) is 1. The van der Waals surface area contributed by atoms with E-state index in [0.29, 0.717) is 35.1 Å². The Kier molecular flexibility index (Phi) is 6.08. The highest BCUT2D eigenvalue weighted by atomic mass is 16.5. The minimum Gasteiger partial charge on any atom is -0.484 e. The van der Waals surface area contributed by atoms with Gasteiger partial charge < -0.3 is 14.6 Å². The van der Waals surface area contributed by atoms with Gasteiger partial charge in [-0.15, -0.1) is 0 Å². The second-order valence-corrected chi connectivity index (χ2v) is 7.38. The topological polar surface area (TPSA) is 77.2 Å². The number of aromatic nitrogens is 2. The third-order valence-corrected chi connectivity index (χ3v) is 4.67. The zero-order valence-corrected chi connectivity index (χ0v) is 17.5. The van der Waals surface area contributed by atoms with Gasteiger partial charge in [0, 0.05) is 6.42 Å². The molecule has 3 aromatic carbocycles. The molecule has 0 fully saturated rings. The van der Waals surface area contributed by atoms with Gasteiger partial charge in [-0.05, 0) is 54.8 Å². The third-order valence-electron chi connectivity index (χ3n) is 4.67. The van der Waals surface area contributed by atoms with E-state index >= 15 is 0 Å². The van der Waals surface area contributed by atoms with Crippen LogP contribution in [0.3, 0.4) is 0 Å². The van der Waals surface area contributed by atoms with Crippen LogP contribution in [0.4, 0.5) is 5.69 Å². The van der Waals surface area contributed by atoms with Crippen LogP contribution in [-0.2, 0) is 11.2 Å². The lowest BCUT2D eigenvalue weighted by atomic mass is 10.1. The van der Waals surface area contributed by atoms with Gasteiger partial charge in [0.2, 0.25) is 0 Å². The number of aryl methyl sites for hydroxylation is 2. The lowest BCUT2D eigenvalue weighted by Gasteiger charge is -2.10. The molecule has 0 unspecified atom stereocenters. The number of nitrogens with zero attached hydrogens (tertiary/aromatic N) is 2. The van der Waals surface area contributed by atoms with E-state index < -0.39 is 0 Å². The van der Waals surface area contributed by atoms with Crippen LogP contribution >= 0.6 is 0 Å². The number of carbonyl (C=O) groups is 1. The smallest absolute Gasteiger partial charge is 0.262 e. The molecule has 0 radical (unpaired) electrons. The van der Waals surface area contributed by atoms with Crippen LogP contribution in [0, 0.1) is 13.8 Å². The van der Waals surface area contributed by atoms with Gasteiger partial charge in [0.1, 0.15) is 5.75 Å². The van der Waals surface area contributed by atoms with E-state index in [-0.39, 0.29) is 12.5 Å². The molecular weight excluding hydrogens is 390 g/mol. The van der Waals surface area contributed by atoms with Crippen LogP contribution < -0.4 is 10.1 Å². The number of carbonyl (C=O) groups excluding carboxylic acids is 1. The maximum absolute atomic E-state index is 12.5. The monoisotopic (exact) mass is 413 g/mol. The quantitative estimate of drug-likeness (QED) is 0.463. The van der Waals surface area contributed by atoms with E-state index in [1.165, 1.54) is 0 Å². The average molecular weight is 413 g/mol. The molecule has 0 atom stereocenters. The van der Waals surface area contributed by atoms with E-state index in [4.69, 9.17) is 9.26 Å². The van der Waals surface area contributed by atoms with Crippen molar-refractivity contribution in [3.63, 3.8) is 0 Å². The number of benzene rings is 3. The lowest BCUT2D eigenvalue weighted by molar-refractivity contribution is -0.118. The summed E-state index contributed by atoms with van der Waals surface area (Å²) in [6.07, 6.45) is 0.572. The Morgan fingerprint density at radius 3 is 2.45 bits per heavy atom. The summed E-state index contributed by atoms with van der Waals surface area (Å²) in [6, 6.07) is 23.1. The molecule has 0 aliphatic rings. The molecule has 6 nitrogen and oxygen atoms in total. The van der Waals surface area contributed by atoms with Crippen molar-refractivity contribution in [1.82, 2.24) is 10.1 Å². The summed E-state index contributed by atoms with van der Waals surface area (Å²) in [5, 5.41) is 6.95. The SMILES string of the molecule is Cc1cc(C)cc(OCC(=O)Nc2ccccc2-c2nc(Cc3ccccc3)no2)c1. The van der Waals surface area contributed by atoms with Crippen molar-refractivity contribution < 1.29 is 14.1 Å². The molecule has 0 aliphatic carbocycles. The Morgan fingerprint density at radius 2 is 1.68 bits per heavy atom. The summed E-state index contributed by atoms with van der Waals surface area (Å²) < 4.78 is 11.1. The molecule has 1 heterocycles. The fourth-order valence-corrected chi connectivity index (χ4v) is 3.34. The summed E-state index contributed by atoms with van der Waals surface area (Å²) >= 11 is 0. The van der Waals surface area contributed by atoms with E-state index in [9.17, 15) is 4.79 Å². The zero-order valence-electron chi connectivity index (χ0n) is 17.5. The van der Waals surface area contributed by atoms with Crippen LogP contribution in [0.2, 0.25) is 0 Å². The predicted octanol–water partition coefficient (Wildman–Crippen LogP) is 4.96. The molecule has 1 amide bonds. The average Bonchev–Trinajstić information content (AvgIpc) is 3.21. The molecule has 0 bridgehead atoms. The second kappa shape index (κ2) is 9.26. The molecule has 1 N–H and O–H groups in total. The minimum absolute atomic E-state index is 0.0969. The molecule has 0 aliphatic heterocycles. The van der Waals surface area contributed by atoms with E-state index in [0.717, 1.165) is 16.7 Å².